The Morgan fingerprint density at radius 1 is 1.17 bits per heavy atom. The monoisotopic (exact) mass is 606 g/mol. The molecule has 3 heterocycles. The van der Waals surface area contributed by atoms with Crippen molar-refractivity contribution in [2.45, 2.75) is 50.7 Å². The van der Waals surface area contributed by atoms with Crippen molar-refractivity contribution in [3.05, 3.63) is 58.7 Å². The van der Waals surface area contributed by atoms with Crippen LogP contribution in [0.4, 0.5) is 23.7 Å². The zero-order valence-electron chi connectivity index (χ0n) is 23.1. The molecule has 3 N–H and O–H groups in total. The van der Waals surface area contributed by atoms with Crippen LogP contribution in [0.5, 0.6) is 0 Å². The maximum atomic E-state index is 13.6. The van der Waals surface area contributed by atoms with E-state index < -0.39 is 47.3 Å². The van der Waals surface area contributed by atoms with Gasteiger partial charge in [-0.15, -0.1) is 0 Å². The molecule has 0 radical (unpaired) electrons. The van der Waals surface area contributed by atoms with Gasteiger partial charge in [0.2, 0.25) is 5.91 Å². The first-order valence-corrected chi connectivity index (χ1v) is 13.8. The van der Waals surface area contributed by atoms with E-state index in [1.807, 2.05) is 6.07 Å². The highest BCUT2D eigenvalue weighted by Gasteiger charge is 2.57. The molecule has 42 heavy (non-hydrogen) atoms. The molecular weight excluding hydrogens is 577 g/mol. The minimum Gasteiger partial charge on any atom is -0.371 e. The number of carbonyl (C=O) groups is 3. The molecule has 224 valence electrons. The lowest BCUT2D eigenvalue weighted by atomic mass is 9.84. The largest absolute Gasteiger partial charge is 0.416 e. The third kappa shape index (κ3) is 5.04. The third-order valence-corrected chi connectivity index (χ3v) is 8.50. The van der Waals surface area contributed by atoms with Crippen LogP contribution < -0.4 is 10.2 Å². The van der Waals surface area contributed by atoms with Gasteiger partial charge in [-0.05, 0) is 55.2 Å². The number of benzene rings is 2. The first-order valence-electron chi connectivity index (χ1n) is 13.4. The number of hydrogen-bond acceptors (Lipinski definition) is 5. The van der Waals surface area contributed by atoms with E-state index in [1.165, 1.54) is 16.8 Å². The number of halogens is 4. The number of aliphatic hydroxyl groups excluding tert-OH is 1. The molecule has 2 aliphatic heterocycles. The number of likely N-dealkylation sites (tertiary alicyclic amines) is 1. The standard InChI is InChI=1S/C28H30ClF3N6O4/c1-15(2)22(34-23(39)19-13-17(28(30,31)32)4-6-20(19)29)24(40)37-10-8-27(9-11-37)25(41)36(3)26(42)38(27)18-5-7-21-16(12-18)14-33-35-21/h4-7,12-15,22,25,41H,8-11H2,1-3H3,(H,33,35)(H,34,39). The number of amides is 4. The van der Waals surface area contributed by atoms with Gasteiger partial charge in [-0.1, -0.05) is 25.4 Å². The molecule has 5 rings (SSSR count). The Balaban J connectivity index is 1.35. The second-order valence-corrected chi connectivity index (χ2v) is 11.5. The molecule has 1 spiro atoms. The van der Waals surface area contributed by atoms with Crippen LogP contribution in [0.2, 0.25) is 5.02 Å². The summed E-state index contributed by atoms with van der Waals surface area (Å²) in [5.74, 6) is -1.72. The van der Waals surface area contributed by atoms with E-state index in [4.69, 9.17) is 11.6 Å². The Labute approximate surface area is 244 Å². The molecule has 3 aromatic rings. The van der Waals surface area contributed by atoms with Crippen LogP contribution in [-0.2, 0) is 11.0 Å². The number of hydrogen-bond donors (Lipinski definition) is 3. The number of likely N-dealkylation sites (N-methyl/N-ethyl adjacent to an activating group) is 1. The number of aromatic amines is 1. The molecule has 2 unspecified atom stereocenters. The first-order chi connectivity index (χ1) is 19.7. The third-order valence-electron chi connectivity index (χ3n) is 8.17. The second-order valence-electron chi connectivity index (χ2n) is 11.1. The van der Waals surface area contributed by atoms with Gasteiger partial charge >= 0.3 is 12.2 Å². The van der Waals surface area contributed by atoms with Crippen LogP contribution in [0.25, 0.3) is 10.9 Å². The predicted molar refractivity (Wildman–Crippen MR) is 149 cm³/mol. The fraction of sp³-hybridized carbons (Fsp3) is 0.429. The summed E-state index contributed by atoms with van der Waals surface area (Å²) in [5.41, 5.74) is -1.05. The lowest BCUT2D eigenvalue weighted by Crippen LogP contribution is -2.61. The number of aromatic nitrogens is 2. The number of rotatable bonds is 5. The average Bonchev–Trinajstić information content (AvgIpc) is 3.48. The Morgan fingerprint density at radius 2 is 1.86 bits per heavy atom. The maximum Gasteiger partial charge on any atom is 0.416 e. The topological polar surface area (TPSA) is 122 Å². The van der Waals surface area contributed by atoms with Crippen LogP contribution >= 0.6 is 11.6 Å². The smallest absolute Gasteiger partial charge is 0.371 e. The van der Waals surface area contributed by atoms with Crippen molar-refractivity contribution in [3.8, 4) is 0 Å². The summed E-state index contributed by atoms with van der Waals surface area (Å²) in [6.45, 7) is 3.77. The van der Waals surface area contributed by atoms with Crippen molar-refractivity contribution in [2.75, 3.05) is 25.0 Å². The van der Waals surface area contributed by atoms with Crippen LogP contribution in [0.15, 0.2) is 42.6 Å². The van der Waals surface area contributed by atoms with E-state index in [9.17, 15) is 32.7 Å². The highest BCUT2D eigenvalue weighted by molar-refractivity contribution is 6.33. The van der Waals surface area contributed by atoms with Crippen molar-refractivity contribution in [3.63, 3.8) is 0 Å². The van der Waals surface area contributed by atoms with Gasteiger partial charge in [0.15, 0.2) is 6.23 Å². The summed E-state index contributed by atoms with van der Waals surface area (Å²) in [6, 6.07) is 6.40. The normalized spacial score (nSPS) is 19.7. The number of piperidine rings is 1. The minimum absolute atomic E-state index is 0.172. The van der Waals surface area contributed by atoms with Gasteiger partial charge in [-0.25, -0.2) is 4.79 Å². The van der Waals surface area contributed by atoms with E-state index >= 15 is 0 Å². The van der Waals surface area contributed by atoms with E-state index in [1.54, 1.807) is 37.1 Å². The number of alkyl halides is 3. The van der Waals surface area contributed by atoms with Crippen LogP contribution in [0.1, 0.15) is 42.6 Å². The molecule has 0 bridgehead atoms. The number of aliphatic hydroxyl groups is 1. The molecule has 1 aromatic heterocycles. The predicted octanol–water partition coefficient (Wildman–Crippen LogP) is 4.24. The molecule has 14 heteroatoms. The summed E-state index contributed by atoms with van der Waals surface area (Å²) < 4.78 is 39.7. The zero-order chi connectivity index (χ0) is 30.6. The zero-order valence-corrected chi connectivity index (χ0v) is 23.8. The van der Waals surface area contributed by atoms with Gasteiger partial charge in [-0.3, -0.25) is 24.5 Å². The number of H-pyrrole nitrogens is 1. The van der Waals surface area contributed by atoms with Crippen molar-refractivity contribution >= 4 is 46.0 Å². The molecular formula is C28H30ClF3N6O4. The Morgan fingerprint density at radius 3 is 2.50 bits per heavy atom. The average molecular weight is 607 g/mol. The highest BCUT2D eigenvalue weighted by atomic mass is 35.5. The Hall–Kier alpha value is -3.84. The van der Waals surface area contributed by atoms with Crippen molar-refractivity contribution in [1.29, 1.82) is 0 Å². The molecule has 4 amide bonds. The lowest BCUT2D eigenvalue weighted by molar-refractivity contribution is -0.138. The van der Waals surface area contributed by atoms with E-state index in [0.717, 1.165) is 23.0 Å². The molecule has 2 fully saturated rings. The van der Waals surface area contributed by atoms with Gasteiger partial charge in [0.1, 0.15) is 6.04 Å². The van der Waals surface area contributed by atoms with Gasteiger partial charge in [-0.2, -0.15) is 18.3 Å². The molecule has 2 aromatic carbocycles. The van der Waals surface area contributed by atoms with E-state index in [2.05, 4.69) is 15.5 Å². The number of urea groups is 1. The fourth-order valence-corrected chi connectivity index (χ4v) is 5.97. The van der Waals surface area contributed by atoms with Crippen LogP contribution in [0.3, 0.4) is 0 Å². The summed E-state index contributed by atoms with van der Waals surface area (Å²) in [7, 11) is 1.52. The van der Waals surface area contributed by atoms with Crippen LogP contribution in [0, 0.1) is 5.92 Å². The Bertz CT molecular complexity index is 1540. The maximum absolute atomic E-state index is 13.6. The number of carbonyl (C=O) groups excluding carboxylic acids is 3. The lowest BCUT2D eigenvalue weighted by Gasteiger charge is -2.46. The number of fused-ring (bicyclic) bond motifs is 1. The van der Waals surface area contributed by atoms with Crippen LogP contribution in [-0.4, -0.2) is 80.9 Å². The molecule has 2 saturated heterocycles. The van der Waals surface area contributed by atoms with Crippen molar-refractivity contribution in [1.82, 2.24) is 25.3 Å². The highest BCUT2D eigenvalue weighted by Crippen LogP contribution is 2.43. The number of nitrogens with one attached hydrogen (secondary N) is 2. The molecule has 0 saturated carbocycles. The van der Waals surface area contributed by atoms with Gasteiger partial charge < -0.3 is 15.3 Å². The Kier molecular flexibility index (Phi) is 7.60. The molecule has 0 aliphatic carbocycles. The summed E-state index contributed by atoms with van der Waals surface area (Å²) in [6.07, 6.45) is -3.67. The molecule has 10 nitrogen and oxygen atoms in total. The van der Waals surface area contributed by atoms with Gasteiger partial charge in [0.05, 0.1) is 33.4 Å². The molecule has 2 aliphatic rings. The first kappa shape index (κ1) is 29.6. The fourth-order valence-electron chi connectivity index (χ4n) is 5.77. The summed E-state index contributed by atoms with van der Waals surface area (Å²) >= 11 is 6.04. The SMILES string of the molecule is CC(C)C(NC(=O)c1cc(C(F)(F)F)ccc1Cl)C(=O)N1CCC2(CC1)C(O)N(C)C(=O)N2c1ccc2[nH]ncc2c1. The minimum atomic E-state index is -4.67. The number of anilines is 1. The van der Waals surface area contributed by atoms with Crippen molar-refractivity contribution < 1.29 is 32.7 Å². The second kappa shape index (κ2) is 10.8. The van der Waals surface area contributed by atoms with E-state index in [0.29, 0.717) is 11.8 Å². The number of nitrogens with zero attached hydrogens (tertiary/aromatic N) is 4. The quantitative estimate of drug-likeness (QED) is 0.401. The van der Waals surface area contributed by atoms with Gasteiger partial charge in [0, 0.05) is 31.2 Å². The van der Waals surface area contributed by atoms with Gasteiger partial charge in [0.25, 0.3) is 5.91 Å². The summed E-state index contributed by atoms with van der Waals surface area (Å²) in [5, 5.41) is 21.3. The summed E-state index contributed by atoms with van der Waals surface area (Å²) in [4.78, 5) is 44.3. The van der Waals surface area contributed by atoms with Crippen molar-refractivity contribution in [2.24, 2.45) is 5.92 Å². The molecule has 2 atom stereocenters. The van der Waals surface area contributed by atoms with E-state index in [-0.39, 0.29) is 42.5 Å².